The van der Waals surface area contributed by atoms with Gasteiger partial charge >= 0.3 is 0 Å². The first kappa shape index (κ1) is 19.5. The van der Waals surface area contributed by atoms with Crippen molar-refractivity contribution in [1.29, 1.82) is 0 Å². The Kier molecular flexibility index (Phi) is 5.52. The van der Waals surface area contributed by atoms with Crippen LogP contribution >= 0.6 is 7.05 Å². The fourth-order valence-corrected chi connectivity index (χ4v) is 7.56. The molecule has 0 atom stereocenters. The molecule has 1 aliphatic rings. The summed E-state index contributed by atoms with van der Waals surface area (Å²) in [6.45, 7) is 0.848. The molecule has 1 aliphatic heterocycles. The number of anilines is 1. The average Bonchev–Trinajstić information content (AvgIpc) is 3.33. The van der Waals surface area contributed by atoms with Crippen LogP contribution in [0.25, 0.3) is 0 Å². The number of amidine groups is 1. The second-order valence-corrected chi connectivity index (χ2v) is 10.5. The summed E-state index contributed by atoms with van der Waals surface area (Å²) in [5.41, 5.74) is 1.11. The number of nitrogens with zero attached hydrogens (tertiary/aromatic N) is 3. The molecule has 1 heterocycles. The lowest BCUT2D eigenvalue weighted by Crippen LogP contribution is -2.26. The van der Waals surface area contributed by atoms with Gasteiger partial charge < -0.3 is 0 Å². The molecule has 0 bridgehead atoms. The molecule has 0 saturated heterocycles. The minimum atomic E-state index is -2.25. The molecule has 0 unspecified atom stereocenters. The maximum absolute atomic E-state index is 5.51. The van der Waals surface area contributed by atoms with Gasteiger partial charge in [-0.1, -0.05) is 109 Å². The summed E-state index contributed by atoms with van der Waals surface area (Å²) in [5.74, 6) is 0.911. The molecule has 0 saturated carbocycles. The highest BCUT2D eigenvalue weighted by molar-refractivity contribution is 7.87. The van der Waals surface area contributed by atoms with E-state index >= 15 is 0 Å². The van der Waals surface area contributed by atoms with Crippen LogP contribution in [0.3, 0.4) is 0 Å². The van der Waals surface area contributed by atoms with Crippen LogP contribution in [0.2, 0.25) is 0 Å². The van der Waals surface area contributed by atoms with E-state index in [-0.39, 0.29) is 0 Å². The first-order valence-electron chi connectivity index (χ1n) is 10.6. The zero-order valence-corrected chi connectivity index (χ0v) is 18.1. The Morgan fingerprint density at radius 3 is 1.45 bits per heavy atom. The van der Waals surface area contributed by atoms with Crippen molar-refractivity contribution < 1.29 is 0 Å². The largest absolute Gasteiger partial charge is 0.263 e. The molecule has 0 spiro atoms. The Balaban J connectivity index is 1.75. The molecule has 152 valence electrons. The second kappa shape index (κ2) is 8.75. The smallest absolute Gasteiger partial charge is 0.150 e. The van der Waals surface area contributed by atoms with Crippen molar-refractivity contribution in [3.8, 4) is 0 Å². The molecule has 3 nitrogen and oxygen atoms in total. The van der Waals surface area contributed by atoms with E-state index in [1.807, 2.05) is 6.07 Å². The van der Waals surface area contributed by atoms with Crippen LogP contribution in [0.15, 0.2) is 131 Å². The molecule has 4 aromatic carbocycles. The fourth-order valence-electron chi connectivity index (χ4n) is 4.03. The van der Waals surface area contributed by atoms with Crippen LogP contribution in [0.1, 0.15) is 6.42 Å². The van der Waals surface area contributed by atoms with Crippen molar-refractivity contribution in [2.75, 3.05) is 11.6 Å². The van der Waals surface area contributed by atoms with Gasteiger partial charge in [0.1, 0.15) is 5.84 Å². The third-order valence-electron chi connectivity index (χ3n) is 5.49. The first-order chi connectivity index (χ1) is 15.4. The number of benzene rings is 4. The lowest BCUT2D eigenvalue weighted by molar-refractivity contribution is 0.922. The summed E-state index contributed by atoms with van der Waals surface area (Å²) in [4.78, 5) is 0. The van der Waals surface area contributed by atoms with Gasteiger partial charge in [-0.2, -0.15) is 5.10 Å². The molecule has 31 heavy (non-hydrogen) atoms. The Labute approximate surface area is 183 Å². The fraction of sp³-hybridized carbons (Fsp3) is 0.0741. The average molecular weight is 421 g/mol. The van der Waals surface area contributed by atoms with Crippen molar-refractivity contribution in [1.82, 2.24) is 0 Å². The topological polar surface area (TPSA) is 28.0 Å². The van der Waals surface area contributed by atoms with Gasteiger partial charge in [-0.3, -0.25) is 5.01 Å². The standard InChI is InChI=1S/C27H24N3P/c1-5-13-23(14-6-1)30-22-21-27(28-30)29-31(24-15-7-2-8-16-24,25-17-9-3-10-18-25)26-19-11-4-12-20-26/h1-20H,21-22H2. The van der Waals surface area contributed by atoms with Gasteiger partial charge in [0, 0.05) is 28.9 Å². The molecule has 4 heteroatoms. The number of hydrazone groups is 1. The summed E-state index contributed by atoms with van der Waals surface area (Å²) in [7, 11) is -2.25. The van der Waals surface area contributed by atoms with Crippen LogP contribution in [0, 0.1) is 0 Å². The third-order valence-corrected chi connectivity index (χ3v) is 9.16. The second-order valence-electron chi connectivity index (χ2n) is 7.47. The third kappa shape index (κ3) is 3.85. The molecular formula is C27H24N3P. The van der Waals surface area contributed by atoms with Gasteiger partial charge in [0.2, 0.25) is 0 Å². The van der Waals surface area contributed by atoms with Gasteiger partial charge in [-0.25, -0.2) is 4.74 Å². The Morgan fingerprint density at radius 1 is 0.581 bits per heavy atom. The van der Waals surface area contributed by atoms with E-state index in [0.29, 0.717) is 0 Å². The van der Waals surface area contributed by atoms with E-state index in [9.17, 15) is 0 Å². The normalized spacial score (nSPS) is 13.7. The maximum atomic E-state index is 5.51. The Hall–Kier alpha value is -3.42. The highest BCUT2D eigenvalue weighted by Gasteiger charge is 2.29. The van der Waals surface area contributed by atoms with Crippen LogP contribution in [0.5, 0.6) is 0 Å². The lowest BCUT2D eigenvalue weighted by Gasteiger charge is -2.26. The zero-order valence-electron chi connectivity index (χ0n) is 17.3. The van der Waals surface area contributed by atoms with E-state index in [4.69, 9.17) is 9.85 Å². The number of rotatable bonds is 4. The van der Waals surface area contributed by atoms with Crippen molar-refractivity contribution in [2.24, 2.45) is 9.85 Å². The molecule has 4 aromatic rings. The number of hydrogen-bond donors (Lipinski definition) is 0. The monoisotopic (exact) mass is 421 g/mol. The Bertz CT molecular complexity index is 1120. The van der Waals surface area contributed by atoms with E-state index in [0.717, 1.165) is 24.5 Å². The lowest BCUT2D eigenvalue weighted by atomic mass is 10.3. The molecule has 0 fully saturated rings. The van der Waals surface area contributed by atoms with Crippen LogP contribution < -0.4 is 20.9 Å². The van der Waals surface area contributed by atoms with E-state index in [1.165, 1.54) is 15.9 Å². The zero-order chi connectivity index (χ0) is 20.9. The van der Waals surface area contributed by atoms with Gasteiger partial charge in [-0.05, 0) is 12.1 Å². The van der Waals surface area contributed by atoms with Crippen molar-refractivity contribution >= 4 is 34.5 Å². The summed E-state index contributed by atoms with van der Waals surface area (Å²) < 4.78 is 5.51. The highest BCUT2D eigenvalue weighted by Crippen LogP contribution is 2.47. The first-order valence-corrected chi connectivity index (χ1v) is 12.3. The summed E-state index contributed by atoms with van der Waals surface area (Å²) in [5, 5.41) is 10.7. The molecule has 0 N–H and O–H groups in total. The molecule has 0 aromatic heterocycles. The van der Waals surface area contributed by atoms with Crippen LogP contribution in [-0.2, 0) is 0 Å². The molecule has 0 radical (unpaired) electrons. The summed E-state index contributed by atoms with van der Waals surface area (Å²) in [6.07, 6.45) is 0.836. The molecule has 5 rings (SSSR count). The summed E-state index contributed by atoms with van der Waals surface area (Å²) >= 11 is 0. The molecular weight excluding hydrogens is 397 g/mol. The quantitative estimate of drug-likeness (QED) is 0.406. The number of para-hydroxylation sites is 1. The van der Waals surface area contributed by atoms with Gasteiger partial charge in [0.15, 0.2) is 0 Å². The predicted octanol–water partition coefficient (Wildman–Crippen LogP) is 5.39. The van der Waals surface area contributed by atoms with E-state index in [2.05, 4.69) is 120 Å². The van der Waals surface area contributed by atoms with Crippen LogP contribution in [-0.4, -0.2) is 12.4 Å². The molecule has 0 aliphatic carbocycles. The minimum absolute atomic E-state index is 0.836. The van der Waals surface area contributed by atoms with Crippen molar-refractivity contribution in [3.63, 3.8) is 0 Å². The van der Waals surface area contributed by atoms with Gasteiger partial charge in [0.05, 0.1) is 12.7 Å². The predicted molar refractivity (Wildman–Crippen MR) is 133 cm³/mol. The van der Waals surface area contributed by atoms with Crippen molar-refractivity contribution in [2.45, 2.75) is 6.42 Å². The molecule has 0 amide bonds. The number of hydrogen-bond acceptors (Lipinski definition) is 3. The highest BCUT2D eigenvalue weighted by atomic mass is 31.2. The van der Waals surface area contributed by atoms with Gasteiger partial charge in [-0.15, -0.1) is 0 Å². The minimum Gasteiger partial charge on any atom is -0.263 e. The van der Waals surface area contributed by atoms with Gasteiger partial charge in [0.25, 0.3) is 0 Å². The van der Waals surface area contributed by atoms with E-state index in [1.54, 1.807) is 0 Å². The Morgan fingerprint density at radius 2 is 1.00 bits per heavy atom. The van der Waals surface area contributed by atoms with Crippen molar-refractivity contribution in [3.05, 3.63) is 121 Å². The maximum Gasteiger partial charge on any atom is 0.150 e. The summed E-state index contributed by atoms with van der Waals surface area (Å²) in [6, 6.07) is 42.4. The van der Waals surface area contributed by atoms with Crippen LogP contribution in [0.4, 0.5) is 5.69 Å². The SMILES string of the molecule is c1ccc(N2CCC(N=P(c3ccccc3)(c3ccccc3)c3ccccc3)=N2)cc1. The van der Waals surface area contributed by atoms with E-state index < -0.39 is 7.05 Å².